The molecular formula is C32H57NO2S. The molecular weight excluding hydrogens is 462 g/mol. The van der Waals surface area contributed by atoms with Crippen LogP contribution in [0.25, 0.3) is 0 Å². The van der Waals surface area contributed by atoms with E-state index in [-0.39, 0.29) is 18.8 Å². The molecule has 0 spiro atoms. The largest absolute Gasteiger partial charge is 0.395 e. The Kier molecular flexibility index (Phi) is 9.66. The van der Waals surface area contributed by atoms with Gasteiger partial charge in [0.15, 0.2) is 0 Å². The van der Waals surface area contributed by atoms with Gasteiger partial charge in [0.05, 0.1) is 12.7 Å². The average molecular weight is 520 g/mol. The first-order valence-electron chi connectivity index (χ1n) is 15.5. The molecule has 10 atom stereocenters. The quantitative estimate of drug-likeness (QED) is 0.225. The summed E-state index contributed by atoms with van der Waals surface area (Å²) < 4.78 is 0. The second-order valence-corrected chi connectivity index (χ2v) is 15.1. The number of hydrogen-bond acceptors (Lipinski definition) is 4. The van der Waals surface area contributed by atoms with Gasteiger partial charge >= 0.3 is 0 Å². The highest BCUT2D eigenvalue weighted by Gasteiger charge is 2.58. The van der Waals surface area contributed by atoms with E-state index in [1.165, 1.54) is 70.6 Å². The predicted octanol–water partition coefficient (Wildman–Crippen LogP) is 7.03. The maximum Gasteiger partial charge on any atom is 0.0680 e. The maximum absolute atomic E-state index is 8.86. The summed E-state index contributed by atoms with van der Waals surface area (Å²) in [6.07, 6.45) is 18.9. The van der Waals surface area contributed by atoms with Crippen molar-refractivity contribution in [3.8, 4) is 0 Å². The van der Waals surface area contributed by atoms with Crippen molar-refractivity contribution >= 4 is 12.6 Å². The molecule has 4 heteroatoms. The van der Waals surface area contributed by atoms with Crippen molar-refractivity contribution in [2.24, 2.45) is 46.3 Å². The SMILES string of the molecule is CC(C)CCC[C@@H](C)[C@H]1CC[C@H]2[C@@H]3CC=C4C[C@@H](S)CC[C@]4(C)[C@H]3CC[C@]12C.OC[C@@H]1C[C@@H](O)CN1. The molecule has 4 fully saturated rings. The second-order valence-electron chi connectivity index (χ2n) is 14.4. The van der Waals surface area contributed by atoms with Crippen LogP contribution in [0.3, 0.4) is 0 Å². The third kappa shape index (κ3) is 5.92. The molecule has 3 nitrogen and oxygen atoms in total. The zero-order valence-corrected chi connectivity index (χ0v) is 24.9. The molecule has 3 N–H and O–H groups in total. The Labute approximate surface area is 228 Å². The Balaban J connectivity index is 0.000000325. The van der Waals surface area contributed by atoms with Crippen LogP contribution in [0.1, 0.15) is 112 Å². The molecule has 3 saturated carbocycles. The summed E-state index contributed by atoms with van der Waals surface area (Å²) in [7, 11) is 0. The van der Waals surface area contributed by atoms with Crippen LogP contribution in [-0.2, 0) is 0 Å². The molecule has 1 heterocycles. The molecule has 36 heavy (non-hydrogen) atoms. The lowest BCUT2D eigenvalue weighted by Crippen LogP contribution is -2.50. The second kappa shape index (κ2) is 12.0. The fourth-order valence-electron chi connectivity index (χ4n) is 9.60. The van der Waals surface area contributed by atoms with E-state index >= 15 is 0 Å². The monoisotopic (exact) mass is 519 g/mol. The normalized spacial score (nSPS) is 44.7. The number of hydrogen-bond donors (Lipinski definition) is 4. The molecule has 0 amide bonds. The van der Waals surface area contributed by atoms with Crippen molar-refractivity contribution in [1.82, 2.24) is 5.32 Å². The van der Waals surface area contributed by atoms with Gasteiger partial charge in [-0.05, 0) is 104 Å². The van der Waals surface area contributed by atoms with Gasteiger partial charge in [0.25, 0.3) is 0 Å². The summed E-state index contributed by atoms with van der Waals surface area (Å²) in [4.78, 5) is 0. The molecule has 0 aromatic carbocycles. The minimum absolute atomic E-state index is 0.130. The first kappa shape index (κ1) is 29.0. The van der Waals surface area contributed by atoms with Crippen molar-refractivity contribution in [2.45, 2.75) is 129 Å². The molecule has 4 aliphatic carbocycles. The van der Waals surface area contributed by atoms with E-state index in [0.717, 1.165) is 35.5 Å². The zero-order valence-electron chi connectivity index (χ0n) is 24.0. The van der Waals surface area contributed by atoms with Gasteiger partial charge < -0.3 is 15.5 Å². The van der Waals surface area contributed by atoms with Crippen LogP contribution in [0.4, 0.5) is 0 Å². The molecule has 0 bridgehead atoms. The van der Waals surface area contributed by atoms with Gasteiger partial charge in [-0.1, -0.05) is 65.5 Å². The van der Waals surface area contributed by atoms with E-state index in [4.69, 9.17) is 22.8 Å². The van der Waals surface area contributed by atoms with E-state index in [1.807, 2.05) is 0 Å². The molecule has 5 rings (SSSR count). The predicted molar refractivity (Wildman–Crippen MR) is 155 cm³/mol. The number of rotatable bonds is 6. The standard InChI is InChI=1S/C27H46S.C5H11NO2/c1-18(2)7-6-8-19(3)23-11-12-24-22-10-9-20-17-21(28)13-15-26(20,4)25(22)14-16-27(23,24)5;7-3-4-1-5(8)2-6-4/h9,18-19,21-25,28H,6-8,10-17H2,1-5H3;4-8H,1-3H2/t19-,21+,22+,23-,24+,25+,26+,27-;4-,5+/m10/s1. The number of β-amino-alcohol motifs (C(OH)–C–C–N with tert-alkyl or cyclic N) is 1. The summed E-state index contributed by atoms with van der Waals surface area (Å²) in [5, 5.41) is 20.9. The summed E-state index contributed by atoms with van der Waals surface area (Å²) in [5.41, 5.74) is 2.92. The molecule has 1 aliphatic heterocycles. The lowest BCUT2D eigenvalue weighted by atomic mass is 9.47. The smallest absolute Gasteiger partial charge is 0.0680 e. The van der Waals surface area contributed by atoms with Crippen molar-refractivity contribution in [1.29, 1.82) is 0 Å². The molecule has 0 unspecified atom stereocenters. The highest BCUT2D eigenvalue weighted by molar-refractivity contribution is 7.80. The van der Waals surface area contributed by atoms with E-state index in [9.17, 15) is 0 Å². The third-order valence-corrected chi connectivity index (χ3v) is 12.1. The summed E-state index contributed by atoms with van der Waals surface area (Å²) >= 11 is 4.84. The zero-order chi connectivity index (χ0) is 26.1. The lowest BCUT2D eigenvalue weighted by Gasteiger charge is -2.58. The van der Waals surface area contributed by atoms with Gasteiger partial charge in [0, 0.05) is 17.8 Å². The molecule has 208 valence electrons. The first-order valence-corrected chi connectivity index (χ1v) is 16.0. The average Bonchev–Trinajstić information content (AvgIpc) is 3.42. The Morgan fingerprint density at radius 3 is 2.47 bits per heavy atom. The van der Waals surface area contributed by atoms with E-state index in [2.05, 4.69) is 46.0 Å². The van der Waals surface area contributed by atoms with Crippen LogP contribution in [0.15, 0.2) is 11.6 Å². The van der Waals surface area contributed by atoms with Gasteiger partial charge in [0.1, 0.15) is 0 Å². The van der Waals surface area contributed by atoms with Gasteiger partial charge in [0.2, 0.25) is 0 Å². The van der Waals surface area contributed by atoms with Crippen LogP contribution >= 0.6 is 12.6 Å². The van der Waals surface area contributed by atoms with Crippen LogP contribution in [0, 0.1) is 46.3 Å². The van der Waals surface area contributed by atoms with Crippen molar-refractivity contribution < 1.29 is 10.2 Å². The van der Waals surface area contributed by atoms with E-state index < -0.39 is 0 Å². The Bertz CT molecular complexity index is 754. The van der Waals surface area contributed by atoms with Crippen molar-refractivity contribution in [2.75, 3.05) is 13.2 Å². The van der Waals surface area contributed by atoms with Crippen LogP contribution in [0.2, 0.25) is 0 Å². The highest BCUT2D eigenvalue weighted by atomic mass is 32.1. The van der Waals surface area contributed by atoms with Crippen LogP contribution in [0.5, 0.6) is 0 Å². The maximum atomic E-state index is 8.86. The number of aliphatic hydroxyl groups excluding tert-OH is 2. The highest BCUT2D eigenvalue weighted by Crippen LogP contribution is 2.67. The number of fused-ring (bicyclic) bond motifs is 5. The summed E-state index contributed by atoms with van der Waals surface area (Å²) in [5.74, 6) is 5.70. The van der Waals surface area contributed by atoms with Crippen LogP contribution in [-0.4, -0.2) is 40.8 Å². The van der Waals surface area contributed by atoms with Gasteiger partial charge in [-0.3, -0.25) is 0 Å². The minimum Gasteiger partial charge on any atom is -0.395 e. The third-order valence-electron chi connectivity index (χ3n) is 11.7. The van der Waals surface area contributed by atoms with Gasteiger partial charge in [-0.15, -0.1) is 0 Å². The number of thiol groups is 1. The van der Waals surface area contributed by atoms with Gasteiger partial charge in [-0.2, -0.15) is 12.6 Å². The molecule has 1 saturated heterocycles. The Hall–Kier alpha value is -0.0300. The van der Waals surface area contributed by atoms with Crippen molar-refractivity contribution in [3.05, 3.63) is 11.6 Å². The number of nitrogens with one attached hydrogen (secondary N) is 1. The summed E-state index contributed by atoms with van der Waals surface area (Å²) in [6, 6.07) is 0.130. The Morgan fingerprint density at radius 2 is 1.83 bits per heavy atom. The molecule has 0 aromatic heterocycles. The van der Waals surface area contributed by atoms with E-state index in [0.29, 0.717) is 29.0 Å². The topological polar surface area (TPSA) is 52.5 Å². The van der Waals surface area contributed by atoms with Crippen molar-refractivity contribution in [3.63, 3.8) is 0 Å². The number of allylic oxidation sites excluding steroid dienone is 2. The fraction of sp³-hybridized carbons (Fsp3) is 0.938. The molecule has 0 aromatic rings. The molecule has 0 radical (unpaired) electrons. The Morgan fingerprint density at radius 1 is 1.06 bits per heavy atom. The van der Waals surface area contributed by atoms with Crippen LogP contribution < -0.4 is 5.32 Å². The van der Waals surface area contributed by atoms with Gasteiger partial charge in [-0.25, -0.2) is 0 Å². The molecule has 5 aliphatic rings. The lowest BCUT2D eigenvalue weighted by molar-refractivity contribution is -0.0497. The summed E-state index contributed by atoms with van der Waals surface area (Å²) in [6.45, 7) is 13.5. The number of aliphatic hydroxyl groups is 2. The first-order chi connectivity index (χ1) is 17.1. The fourth-order valence-corrected chi connectivity index (χ4v) is 9.93. The minimum atomic E-state index is -0.243. The van der Waals surface area contributed by atoms with E-state index in [1.54, 1.807) is 5.57 Å².